The Balaban J connectivity index is 1.75. The normalized spacial score (nSPS) is 18.0. The average Bonchev–Trinajstić information content (AvgIpc) is 3.06. The van der Waals surface area contributed by atoms with Gasteiger partial charge < -0.3 is 24.8 Å². The summed E-state index contributed by atoms with van der Waals surface area (Å²) in [6.07, 6.45) is 0.354. The smallest absolute Gasteiger partial charge is 0.318 e. The topological polar surface area (TPSA) is 115 Å². The maximum atomic E-state index is 12.3. The molecule has 1 heterocycles. The lowest BCUT2D eigenvalue weighted by Gasteiger charge is -2.21. The molecule has 0 aromatic heterocycles. The molecule has 0 saturated carbocycles. The van der Waals surface area contributed by atoms with Crippen LogP contribution in [0.1, 0.15) is 18.9 Å². The highest BCUT2D eigenvalue weighted by Gasteiger charge is 2.42. The van der Waals surface area contributed by atoms with Crippen LogP contribution in [0.3, 0.4) is 0 Å². The molecule has 2 aromatic rings. The van der Waals surface area contributed by atoms with Crippen molar-refractivity contribution >= 4 is 17.7 Å². The quantitative estimate of drug-likeness (QED) is 0.291. The summed E-state index contributed by atoms with van der Waals surface area (Å²) < 4.78 is 16.5. The number of hydrogen-bond donors (Lipinski definition) is 2. The summed E-state index contributed by atoms with van der Waals surface area (Å²) in [7, 11) is 2.94. The lowest BCUT2D eigenvalue weighted by atomic mass is 10.0. The van der Waals surface area contributed by atoms with E-state index >= 15 is 0 Å². The molecule has 0 radical (unpaired) electrons. The Morgan fingerprint density at radius 2 is 1.81 bits per heavy atom. The highest BCUT2D eigenvalue weighted by molar-refractivity contribution is 5.99. The van der Waals surface area contributed by atoms with E-state index in [0.29, 0.717) is 30.1 Å². The van der Waals surface area contributed by atoms with Gasteiger partial charge in [-0.15, -0.1) is 0 Å². The second kappa shape index (κ2) is 9.51. The van der Waals surface area contributed by atoms with Gasteiger partial charge in [-0.05, 0) is 36.6 Å². The van der Waals surface area contributed by atoms with Gasteiger partial charge in [0.15, 0.2) is 11.5 Å². The van der Waals surface area contributed by atoms with Gasteiger partial charge in [0.2, 0.25) is 5.91 Å². The summed E-state index contributed by atoms with van der Waals surface area (Å²) in [4.78, 5) is 25.6. The molecule has 2 aromatic carbocycles. The van der Waals surface area contributed by atoms with E-state index < -0.39 is 11.9 Å². The molecule has 1 aliphatic rings. The highest BCUT2D eigenvalue weighted by Crippen LogP contribution is 2.34. The van der Waals surface area contributed by atoms with Gasteiger partial charge in [-0.1, -0.05) is 30.3 Å². The Bertz CT molecular complexity index is 974. The Kier molecular flexibility index (Phi) is 6.79. The number of carbonyl (C=O) groups is 2. The Hall–Kier alpha value is -3.55. The molecule has 8 heteroatoms. The van der Waals surface area contributed by atoms with E-state index in [4.69, 9.17) is 25.4 Å². The fourth-order valence-corrected chi connectivity index (χ4v) is 3.58. The molecule has 164 valence electrons. The molecule has 1 saturated heterocycles. The van der Waals surface area contributed by atoms with Gasteiger partial charge in [-0.25, -0.2) is 0 Å². The number of esters is 1. The van der Waals surface area contributed by atoms with Crippen molar-refractivity contribution in [1.29, 1.82) is 5.41 Å². The number of ether oxygens (including phenoxy) is 3. The number of hydrogen-bond acceptors (Lipinski definition) is 6. The lowest BCUT2D eigenvalue weighted by molar-refractivity contribution is -0.150. The van der Waals surface area contributed by atoms with Crippen LogP contribution in [0.2, 0.25) is 0 Å². The first-order chi connectivity index (χ1) is 14.8. The Morgan fingerprint density at radius 1 is 1.13 bits per heavy atom. The monoisotopic (exact) mass is 425 g/mol. The zero-order valence-corrected chi connectivity index (χ0v) is 17.9. The summed E-state index contributed by atoms with van der Waals surface area (Å²) in [6.45, 7) is 2.60. The second-order valence-corrected chi connectivity index (χ2v) is 7.31. The molecule has 3 rings (SSSR count). The van der Waals surface area contributed by atoms with Crippen molar-refractivity contribution in [2.45, 2.75) is 19.4 Å². The molecule has 1 aliphatic heterocycles. The number of nitrogens with one attached hydrogen (secondary N) is 1. The summed E-state index contributed by atoms with van der Waals surface area (Å²) in [5.74, 6) is -0.379. The maximum absolute atomic E-state index is 12.3. The van der Waals surface area contributed by atoms with Crippen molar-refractivity contribution in [2.24, 2.45) is 11.7 Å². The van der Waals surface area contributed by atoms with Crippen molar-refractivity contribution in [3.8, 4) is 22.6 Å². The first-order valence-electron chi connectivity index (χ1n) is 10.0. The molecule has 0 aliphatic carbocycles. The number of nitrogens with zero attached hydrogens (tertiary/aromatic N) is 1. The molecule has 8 nitrogen and oxygen atoms in total. The van der Waals surface area contributed by atoms with Crippen LogP contribution in [0.5, 0.6) is 11.5 Å². The zero-order valence-electron chi connectivity index (χ0n) is 17.9. The van der Waals surface area contributed by atoms with E-state index in [1.54, 1.807) is 19.2 Å². The highest BCUT2D eigenvalue weighted by atomic mass is 16.5. The maximum Gasteiger partial charge on any atom is 0.318 e. The predicted molar refractivity (Wildman–Crippen MR) is 116 cm³/mol. The number of amidine groups is 1. The van der Waals surface area contributed by atoms with Crippen LogP contribution in [0.15, 0.2) is 42.5 Å². The summed E-state index contributed by atoms with van der Waals surface area (Å²) >= 11 is 0. The summed E-state index contributed by atoms with van der Waals surface area (Å²) in [5.41, 5.74) is 8.07. The minimum absolute atomic E-state index is 0.0232. The van der Waals surface area contributed by atoms with E-state index in [1.807, 2.05) is 37.3 Å². The van der Waals surface area contributed by atoms with E-state index in [1.165, 1.54) is 12.0 Å². The van der Waals surface area contributed by atoms with Gasteiger partial charge in [0.1, 0.15) is 18.4 Å². The zero-order chi connectivity index (χ0) is 22.5. The number of likely N-dealkylation sites (tertiary alicyclic amines) is 1. The summed E-state index contributed by atoms with van der Waals surface area (Å²) in [6, 6.07) is 12.8. The molecular formula is C23H27N3O5. The standard InChI is InChI=1S/C23H27N3O5/c1-4-30-20-11-16(14-5-7-15(8-6-14)21(24)25)9-10-19(20)31-13-17-12-18(23(28)29-3)22(27)26(17)2/h5-11,17-18H,4,12-13H2,1-3H3,(H3,24,25)/t17-,18-/m0/s1. The third-order valence-electron chi connectivity index (χ3n) is 5.39. The van der Waals surface area contributed by atoms with Crippen LogP contribution in [0, 0.1) is 11.3 Å². The van der Waals surface area contributed by atoms with Crippen molar-refractivity contribution in [3.63, 3.8) is 0 Å². The molecule has 2 atom stereocenters. The third-order valence-corrected chi connectivity index (χ3v) is 5.39. The number of carbonyl (C=O) groups excluding carboxylic acids is 2. The molecule has 0 bridgehead atoms. The lowest BCUT2D eigenvalue weighted by Crippen LogP contribution is -2.34. The fourth-order valence-electron chi connectivity index (χ4n) is 3.58. The van der Waals surface area contributed by atoms with Crippen LogP contribution in [-0.2, 0) is 14.3 Å². The summed E-state index contributed by atoms with van der Waals surface area (Å²) in [5, 5.41) is 7.51. The van der Waals surface area contributed by atoms with Crippen molar-refractivity contribution in [1.82, 2.24) is 4.90 Å². The number of benzene rings is 2. The van der Waals surface area contributed by atoms with Gasteiger partial charge in [0.05, 0.1) is 19.8 Å². The Labute approximate surface area is 181 Å². The number of nitrogen functional groups attached to an aromatic ring is 1. The largest absolute Gasteiger partial charge is 0.490 e. The van der Waals surface area contributed by atoms with Gasteiger partial charge in [0.25, 0.3) is 0 Å². The minimum atomic E-state index is -0.782. The Morgan fingerprint density at radius 3 is 2.42 bits per heavy atom. The van der Waals surface area contributed by atoms with Gasteiger partial charge in [0, 0.05) is 12.6 Å². The molecule has 0 unspecified atom stereocenters. The van der Waals surface area contributed by atoms with E-state index in [-0.39, 0.29) is 24.4 Å². The molecule has 31 heavy (non-hydrogen) atoms. The molecule has 1 amide bonds. The van der Waals surface area contributed by atoms with Crippen LogP contribution < -0.4 is 15.2 Å². The van der Waals surface area contributed by atoms with E-state index in [9.17, 15) is 9.59 Å². The fraction of sp³-hybridized carbons (Fsp3) is 0.348. The number of methoxy groups -OCH3 is 1. The number of amides is 1. The minimum Gasteiger partial charge on any atom is -0.490 e. The third kappa shape index (κ3) is 4.79. The molecule has 0 spiro atoms. The first-order valence-corrected chi connectivity index (χ1v) is 10.0. The van der Waals surface area contributed by atoms with Crippen LogP contribution in [0.4, 0.5) is 0 Å². The molecule has 1 fully saturated rings. The average molecular weight is 425 g/mol. The van der Waals surface area contributed by atoms with Crippen LogP contribution in [0.25, 0.3) is 11.1 Å². The van der Waals surface area contributed by atoms with E-state index in [0.717, 1.165) is 11.1 Å². The van der Waals surface area contributed by atoms with Crippen molar-refractivity contribution in [3.05, 3.63) is 48.0 Å². The number of likely N-dealkylation sites (N-methyl/N-ethyl adjacent to an activating group) is 1. The van der Waals surface area contributed by atoms with Crippen molar-refractivity contribution in [2.75, 3.05) is 27.4 Å². The second-order valence-electron chi connectivity index (χ2n) is 7.31. The van der Waals surface area contributed by atoms with Crippen LogP contribution >= 0.6 is 0 Å². The number of nitrogens with two attached hydrogens (primary N) is 1. The predicted octanol–water partition coefficient (Wildman–Crippen LogP) is 2.44. The van der Waals surface area contributed by atoms with Gasteiger partial charge >= 0.3 is 5.97 Å². The van der Waals surface area contributed by atoms with Crippen molar-refractivity contribution < 1.29 is 23.8 Å². The van der Waals surface area contributed by atoms with Gasteiger partial charge in [-0.2, -0.15) is 0 Å². The number of rotatable bonds is 8. The SMILES string of the molecule is CCOc1cc(-c2ccc(C(=N)N)cc2)ccc1OC[C@@H]1C[C@H](C(=O)OC)C(=O)N1C. The first kappa shape index (κ1) is 22.1. The molecular weight excluding hydrogens is 398 g/mol. The van der Waals surface area contributed by atoms with Gasteiger partial charge in [-0.3, -0.25) is 15.0 Å². The van der Waals surface area contributed by atoms with Crippen LogP contribution in [-0.4, -0.2) is 56.0 Å². The molecule has 3 N–H and O–H groups in total. The van der Waals surface area contributed by atoms with E-state index in [2.05, 4.69) is 0 Å².